The summed E-state index contributed by atoms with van der Waals surface area (Å²) in [5.41, 5.74) is 1.15. The molecule has 0 saturated heterocycles. The number of carbonyl (C=O) groups is 1. The fraction of sp³-hybridized carbons (Fsp3) is 0.269. The van der Waals surface area contributed by atoms with Gasteiger partial charge in [-0.25, -0.2) is 4.39 Å². The van der Waals surface area contributed by atoms with E-state index >= 15 is 0 Å². The van der Waals surface area contributed by atoms with E-state index in [2.05, 4.69) is 0 Å². The second-order valence-electron chi connectivity index (χ2n) is 7.81. The summed E-state index contributed by atoms with van der Waals surface area (Å²) in [4.78, 5) is 14.7. The van der Waals surface area contributed by atoms with Crippen molar-refractivity contribution in [2.24, 2.45) is 0 Å². The molecule has 1 aliphatic rings. The minimum absolute atomic E-state index is 0.0320. The fourth-order valence-electron chi connectivity index (χ4n) is 4.19. The molecule has 0 aromatic heterocycles. The summed E-state index contributed by atoms with van der Waals surface area (Å²) < 4.78 is 65.4. The van der Waals surface area contributed by atoms with E-state index in [1.54, 1.807) is 12.1 Å². The van der Waals surface area contributed by atoms with Crippen molar-refractivity contribution in [1.82, 2.24) is 0 Å². The average molecular weight is 473 g/mol. The first-order valence-corrected chi connectivity index (χ1v) is 10.9. The molecule has 3 aromatic carbocycles. The Morgan fingerprint density at radius 3 is 2.21 bits per heavy atom. The molecule has 0 fully saturated rings. The molecule has 4 nitrogen and oxygen atoms in total. The van der Waals surface area contributed by atoms with Crippen LogP contribution >= 0.6 is 0 Å². The van der Waals surface area contributed by atoms with Gasteiger partial charge in [-0.05, 0) is 73.0 Å². The Kier molecular flexibility index (Phi) is 6.50. The number of ether oxygens (including phenoxy) is 2. The van der Waals surface area contributed by atoms with Gasteiger partial charge in [-0.1, -0.05) is 18.2 Å². The maximum atomic E-state index is 13.7. The highest BCUT2D eigenvalue weighted by Gasteiger charge is 2.37. The lowest BCUT2D eigenvalue weighted by atomic mass is 9.86. The van der Waals surface area contributed by atoms with E-state index in [0.717, 1.165) is 12.1 Å². The van der Waals surface area contributed by atoms with Gasteiger partial charge < -0.3 is 14.4 Å². The third-order valence-corrected chi connectivity index (χ3v) is 5.61. The Morgan fingerprint density at radius 2 is 1.59 bits per heavy atom. The minimum atomic E-state index is -4.56. The van der Waals surface area contributed by atoms with Gasteiger partial charge in [-0.15, -0.1) is 0 Å². The van der Waals surface area contributed by atoms with Gasteiger partial charge in [-0.3, -0.25) is 4.79 Å². The fourth-order valence-corrected chi connectivity index (χ4v) is 4.19. The van der Waals surface area contributed by atoms with Crippen LogP contribution in [0.3, 0.4) is 0 Å². The van der Waals surface area contributed by atoms with Gasteiger partial charge in [-0.2, -0.15) is 13.2 Å². The molecule has 1 amide bonds. The van der Waals surface area contributed by atoms with Crippen LogP contribution in [0, 0.1) is 5.82 Å². The van der Waals surface area contributed by atoms with Crippen LogP contribution < -0.4 is 14.4 Å². The summed E-state index contributed by atoms with van der Waals surface area (Å²) in [5.74, 6) is 0.112. The van der Waals surface area contributed by atoms with Gasteiger partial charge in [0.1, 0.15) is 5.82 Å². The lowest BCUT2D eigenvalue weighted by molar-refractivity contribution is -0.137. The first-order chi connectivity index (χ1) is 16.2. The SMILES string of the molecule is CCOc1cc2c(cc1OCC)C(c1ccc(F)cc1)N(c1cccc(C(F)(F)F)c1)C(=O)C2. The topological polar surface area (TPSA) is 38.8 Å². The summed E-state index contributed by atoms with van der Waals surface area (Å²) in [6.07, 6.45) is -4.59. The molecule has 1 aliphatic heterocycles. The normalized spacial score (nSPS) is 15.8. The molecule has 0 radical (unpaired) electrons. The van der Waals surface area contributed by atoms with Crippen molar-refractivity contribution >= 4 is 11.6 Å². The summed E-state index contributed by atoms with van der Waals surface area (Å²) >= 11 is 0. The van der Waals surface area contributed by atoms with E-state index in [4.69, 9.17) is 9.47 Å². The molecule has 34 heavy (non-hydrogen) atoms. The number of nitrogens with zero attached hydrogens (tertiary/aromatic N) is 1. The lowest BCUT2D eigenvalue weighted by Gasteiger charge is -2.38. The van der Waals surface area contributed by atoms with Crippen LogP contribution in [0.2, 0.25) is 0 Å². The third-order valence-electron chi connectivity index (χ3n) is 5.61. The molecule has 8 heteroatoms. The lowest BCUT2D eigenvalue weighted by Crippen LogP contribution is -2.41. The summed E-state index contributed by atoms with van der Waals surface area (Å²) in [6.45, 7) is 4.42. The van der Waals surface area contributed by atoms with E-state index in [9.17, 15) is 22.4 Å². The number of hydrogen-bond donors (Lipinski definition) is 0. The molecule has 0 aliphatic carbocycles. The van der Waals surface area contributed by atoms with E-state index in [1.165, 1.54) is 41.3 Å². The number of benzene rings is 3. The number of carbonyl (C=O) groups excluding carboxylic acids is 1. The number of halogens is 4. The average Bonchev–Trinajstić information content (AvgIpc) is 2.79. The zero-order valence-electron chi connectivity index (χ0n) is 18.7. The summed E-state index contributed by atoms with van der Waals surface area (Å²) in [5, 5.41) is 0. The molecule has 3 aromatic rings. The van der Waals surface area contributed by atoms with Crippen molar-refractivity contribution in [3.05, 3.63) is 88.7 Å². The smallest absolute Gasteiger partial charge is 0.416 e. The largest absolute Gasteiger partial charge is 0.490 e. The molecular formula is C26H23F4NO3. The third kappa shape index (κ3) is 4.58. The zero-order chi connectivity index (χ0) is 24.5. The molecule has 0 saturated carbocycles. The first kappa shape index (κ1) is 23.6. The van der Waals surface area contributed by atoms with Crippen LogP contribution in [-0.4, -0.2) is 19.1 Å². The highest BCUT2D eigenvalue weighted by Crippen LogP contribution is 2.44. The molecule has 0 N–H and O–H groups in total. The van der Waals surface area contributed by atoms with Crippen molar-refractivity contribution in [3.8, 4) is 11.5 Å². The Morgan fingerprint density at radius 1 is 0.941 bits per heavy atom. The van der Waals surface area contributed by atoms with Crippen LogP contribution in [0.4, 0.5) is 23.2 Å². The van der Waals surface area contributed by atoms with Gasteiger partial charge in [0.2, 0.25) is 5.91 Å². The van der Waals surface area contributed by atoms with Crippen LogP contribution in [0.25, 0.3) is 0 Å². The van der Waals surface area contributed by atoms with Gasteiger partial charge in [0.15, 0.2) is 11.5 Å². The number of amides is 1. The summed E-state index contributed by atoms with van der Waals surface area (Å²) in [7, 11) is 0. The predicted octanol–water partition coefficient (Wildman–Crippen LogP) is 6.32. The first-order valence-electron chi connectivity index (χ1n) is 10.9. The maximum absolute atomic E-state index is 13.7. The van der Waals surface area contributed by atoms with E-state index in [-0.39, 0.29) is 18.0 Å². The maximum Gasteiger partial charge on any atom is 0.416 e. The second kappa shape index (κ2) is 9.37. The molecule has 4 rings (SSSR count). The Bertz CT molecular complexity index is 1190. The van der Waals surface area contributed by atoms with E-state index in [1.807, 2.05) is 13.8 Å². The van der Waals surface area contributed by atoms with Crippen molar-refractivity contribution in [3.63, 3.8) is 0 Å². The predicted molar refractivity (Wildman–Crippen MR) is 120 cm³/mol. The molecule has 1 heterocycles. The highest BCUT2D eigenvalue weighted by molar-refractivity contribution is 5.98. The van der Waals surface area contributed by atoms with Gasteiger partial charge in [0.25, 0.3) is 0 Å². The van der Waals surface area contributed by atoms with Crippen molar-refractivity contribution < 1.29 is 31.8 Å². The number of hydrogen-bond acceptors (Lipinski definition) is 3. The van der Waals surface area contributed by atoms with Gasteiger partial charge in [0, 0.05) is 5.69 Å². The number of rotatable bonds is 6. The Balaban J connectivity index is 1.92. The zero-order valence-corrected chi connectivity index (χ0v) is 18.7. The van der Waals surface area contributed by atoms with Gasteiger partial charge in [0.05, 0.1) is 31.2 Å². The van der Waals surface area contributed by atoms with Crippen LogP contribution in [-0.2, 0) is 17.4 Å². The highest BCUT2D eigenvalue weighted by atomic mass is 19.4. The molecule has 1 unspecified atom stereocenters. The quantitative estimate of drug-likeness (QED) is 0.393. The monoisotopic (exact) mass is 473 g/mol. The van der Waals surface area contributed by atoms with Gasteiger partial charge >= 0.3 is 6.18 Å². The summed E-state index contributed by atoms with van der Waals surface area (Å²) in [6, 6.07) is 12.9. The number of anilines is 1. The molecule has 1 atom stereocenters. The Hall–Kier alpha value is -3.55. The van der Waals surface area contributed by atoms with Crippen molar-refractivity contribution in [2.45, 2.75) is 32.5 Å². The molecular weight excluding hydrogens is 450 g/mol. The number of alkyl halides is 3. The standard InChI is InChI=1S/C26H23F4NO3/c1-3-33-22-12-17-13-24(32)31(20-7-5-6-18(14-20)26(28,29)30)25(16-8-10-19(27)11-9-16)21(17)15-23(22)34-4-2/h5-12,14-15,25H,3-4,13H2,1-2H3. The Labute approximate surface area is 194 Å². The van der Waals surface area contributed by atoms with Crippen LogP contribution in [0.5, 0.6) is 11.5 Å². The van der Waals surface area contributed by atoms with E-state index in [0.29, 0.717) is 41.4 Å². The minimum Gasteiger partial charge on any atom is -0.490 e. The number of fused-ring (bicyclic) bond motifs is 1. The van der Waals surface area contributed by atoms with Crippen molar-refractivity contribution in [1.29, 1.82) is 0 Å². The van der Waals surface area contributed by atoms with Crippen LogP contribution in [0.1, 0.15) is 42.1 Å². The molecule has 0 spiro atoms. The molecule has 178 valence electrons. The van der Waals surface area contributed by atoms with Crippen molar-refractivity contribution in [2.75, 3.05) is 18.1 Å². The molecule has 0 bridgehead atoms. The van der Waals surface area contributed by atoms with Crippen LogP contribution in [0.15, 0.2) is 60.7 Å². The van der Waals surface area contributed by atoms with E-state index < -0.39 is 23.6 Å². The second-order valence-corrected chi connectivity index (χ2v) is 7.81.